The molecule has 4 nitrogen and oxygen atoms in total. The van der Waals surface area contributed by atoms with Crippen molar-refractivity contribution in [2.45, 2.75) is 56.8 Å². The van der Waals surface area contributed by atoms with Crippen molar-refractivity contribution in [3.8, 4) is 0 Å². The summed E-state index contributed by atoms with van der Waals surface area (Å²) in [5.74, 6) is 1.07. The lowest BCUT2D eigenvalue weighted by Crippen LogP contribution is -2.04. The average molecular weight is 336 g/mol. The van der Waals surface area contributed by atoms with E-state index in [9.17, 15) is 10.1 Å². The van der Waals surface area contributed by atoms with Gasteiger partial charge >= 0.3 is 0 Å². The molecule has 0 atom stereocenters. The fraction of sp³-hybridized carbons (Fsp3) is 0.429. The van der Waals surface area contributed by atoms with Crippen LogP contribution >= 0.6 is 0 Å². The Hall–Kier alpha value is -2.36. The molecule has 1 N–H and O–H groups in total. The van der Waals surface area contributed by atoms with E-state index in [1.807, 2.05) is 6.07 Å². The van der Waals surface area contributed by atoms with E-state index in [-0.39, 0.29) is 10.6 Å². The van der Waals surface area contributed by atoms with Crippen LogP contribution in [0.2, 0.25) is 0 Å². The maximum Gasteiger partial charge on any atom is 0.273 e. The summed E-state index contributed by atoms with van der Waals surface area (Å²) in [7, 11) is 0. The van der Waals surface area contributed by atoms with Gasteiger partial charge in [-0.2, -0.15) is 0 Å². The molecule has 2 fully saturated rings. The van der Waals surface area contributed by atoms with Crippen LogP contribution in [0.4, 0.5) is 17.1 Å². The highest BCUT2D eigenvalue weighted by Crippen LogP contribution is 2.45. The van der Waals surface area contributed by atoms with Gasteiger partial charge in [-0.05, 0) is 67.3 Å². The van der Waals surface area contributed by atoms with Crippen molar-refractivity contribution in [1.29, 1.82) is 0 Å². The van der Waals surface area contributed by atoms with E-state index in [4.69, 9.17) is 0 Å². The number of rotatable bonds is 5. The van der Waals surface area contributed by atoms with Gasteiger partial charge in [0.2, 0.25) is 0 Å². The van der Waals surface area contributed by atoms with Gasteiger partial charge in [0.05, 0.1) is 4.92 Å². The van der Waals surface area contributed by atoms with Gasteiger partial charge in [-0.3, -0.25) is 10.1 Å². The molecule has 0 unspecified atom stereocenters. The zero-order valence-corrected chi connectivity index (χ0v) is 14.4. The lowest BCUT2D eigenvalue weighted by molar-refractivity contribution is -0.385. The summed E-state index contributed by atoms with van der Waals surface area (Å²) < 4.78 is 0. The van der Waals surface area contributed by atoms with Gasteiger partial charge in [0, 0.05) is 23.0 Å². The minimum Gasteiger partial charge on any atom is -0.356 e. The molecule has 25 heavy (non-hydrogen) atoms. The third kappa shape index (κ3) is 3.68. The summed E-state index contributed by atoms with van der Waals surface area (Å²) in [6.45, 7) is 0. The number of nitro benzene ring substituents is 1. The van der Waals surface area contributed by atoms with E-state index in [0.717, 1.165) is 29.8 Å². The SMILES string of the molecule is O=[N+]([O-])c1ccc(Nc2ccc(C3CCCCC3)cc2)cc1C1CC1. The van der Waals surface area contributed by atoms with E-state index in [0.29, 0.717) is 11.8 Å². The van der Waals surface area contributed by atoms with Crippen LogP contribution < -0.4 is 5.32 Å². The van der Waals surface area contributed by atoms with Crippen LogP contribution in [0.3, 0.4) is 0 Å². The van der Waals surface area contributed by atoms with Crippen molar-refractivity contribution < 1.29 is 4.92 Å². The van der Waals surface area contributed by atoms with Crippen molar-refractivity contribution >= 4 is 17.1 Å². The first-order valence-electron chi connectivity index (χ1n) is 9.36. The van der Waals surface area contributed by atoms with Gasteiger partial charge in [0.15, 0.2) is 0 Å². The maximum atomic E-state index is 11.2. The Morgan fingerprint density at radius 1 is 0.840 bits per heavy atom. The van der Waals surface area contributed by atoms with Gasteiger partial charge in [-0.1, -0.05) is 31.4 Å². The molecule has 4 rings (SSSR count). The van der Waals surface area contributed by atoms with E-state index in [1.54, 1.807) is 12.1 Å². The predicted octanol–water partition coefficient (Wildman–Crippen LogP) is 6.26. The van der Waals surface area contributed by atoms with Crippen molar-refractivity contribution in [3.05, 3.63) is 63.7 Å². The molecular formula is C21H24N2O2. The number of hydrogen-bond acceptors (Lipinski definition) is 3. The minimum atomic E-state index is -0.267. The van der Waals surface area contributed by atoms with Crippen LogP contribution in [0.5, 0.6) is 0 Å². The molecule has 0 amide bonds. The van der Waals surface area contributed by atoms with Gasteiger partial charge < -0.3 is 5.32 Å². The third-order valence-corrected chi connectivity index (χ3v) is 5.52. The molecule has 0 spiro atoms. The van der Waals surface area contributed by atoms with E-state index in [2.05, 4.69) is 29.6 Å². The van der Waals surface area contributed by atoms with E-state index >= 15 is 0 Å². The first-order valence-corrected chi connectivity index (χ1v) is 9.36. The molecular weight excluding hydrogens is 312 g/mol. The number of benzene rings is 2. The van der Waals surface area contributed by atoms with Gasteiger partial charge in [0.25, 0.3) is 5.69 Å². The number of hydrogen-bond donors (Lipinski definition) is 1. The standard InChI is InChI=1S/C21H24N2O2/c24-23(25)21-13-12-19(14-20(21)17-6-7-17)22-18-10-8-16(9-11-18)15-4-2-1-3-5-15/h8-15,17,22H,1-7H2. The normalized spacial score (nSPS) is 18.1. The van der Waals surface area contributed by atoms with Crippen LogP contribution in [-0.4, -0.2) is 4.92 Å². The Labute approximate surface area is 148 Å². The number of anilines is 2. The molecule has 2 saturated carbocycles. The van der Waals surface area contributed by atoms with Gasteiger partial charge in [-0.25, -0.2) is 0 Å². The molecule has 0 heterocycles. The fourth-order valence-corrected chi connectivity index (χ4v) is 3.96. The zero-order valence-electron chi connectivity index (χ0n) is 14.4. The summed E-state index contributed by atoms with van der Waals surface area (Å²) >= 11 is 0. The van der Waals surface area contributed by atoms with Crippen molar-refractivity contribution in [1.82, 2.24) is 0 Å². The highest BCUT2D eigenvalue weighted by Gasteiger charge is 2.30. The molecule has 130 valence electrons. The Kier molecular flexibility index (Phi) is 4.43. The first-order chi connectivity index (χ1) is 12.2. The lowest BCUT2D eigenvalue weighted by atomic mass is 9.84. The fourth-order valence-electron chi connectivity index (χ4n) is 3.96. The summed E-state index contributed by atoms with van der Waals surface area (Å²) in [5, 5.41) is 14.6. The zero-order chi connectivity index (χ0) is 17.2. The first kappa shape index (κ1) is 16.1. The third-order valence-electron chi connectivity index (χ3n) is 5.52. The summed E-state index contributed by atoms with van der Waals surface area (Å²) in [6.07, 6.45) is 8.79. The topological polar surface area (TPSA) is 55.2 Å². The lowest BCUT2D eigenvalue weighted by Gasteiger charge is -2.22. The molecule has 0 aliphatic heterocycles. The van der Waals surface area contributed by atoms with E-state index < -0.39 is 0 Å². The van der Waals surface area contributed by atoms with Gasteiger partial charge in [-0.15, -0.1) is 0 Å². The quantitative estimate of drug-likeness (QED) is 0.517. The van der Waals surface area contributed by atoms with Crippen LogP contribution in [0.1, 0.15) is 67.9 Å². The molecule has 2 aliphatic rings. The second-order valence-corrected chi connectivity index (χ2v) is 7.39. The molecule has 0 bridgehead atoms. The molecule has 0 radical (unpaired) electrons. The minimum absolute atomic E-state index is 0.251. The summed E-state index contributed by atoms with van der Waals surface area (Å²) in [6, 6.07) is 14.1. The van der Waals surface area contributed by atoms with Gasteiger partial charge in [0.1, 0.15) is 0 Å². The van der Waals surface area contributed by atoms with Crippen molar-refractivity contribution in [3.63, 3.8) is 0 Å². The average Bonchev–Trinajstić information content (AvgIpc) is 3.48. The van der Waals surface area contributed by atoms with Crippen LogP contribution in [0, 0.1) is 10.1 Å². The largest absolute Gasteiger partial charge is 0.356 e. The Balaban J connectivity index is 1.50. The van der Waals surface area contributed by atoms with Crippen molar-refractivity contribution in [2.75, 3.05) is 5.32 Å². The van der Waals surface area contributed by atoms with Crippen molar-refractivity contribution in [2.24, 2.45) is 0 Å². The summed E-state index contributed by atoms with van der Waals surface area (Å²) in [4.78, 5) is 10.9. The molecule has 0 saturated heterocycles. The Morgan fingerprint density at radius 2 is 1.52 bits per heavy atom. The number of nitro groups is 1. The van der Waals surface area contributed by atoms with E-state index in [1.165, 1.54) is 37.7 Å². The van der Waals surface area contributed by atoms with Crippen LogP contribution in [0.15, 0.2) is 42.5 Å². The second-order valence-electron chi connectivity index (χ2n) is 7.39. The predicted molar refractivity (Wildman–Crippen MR) is 101 cm³/mol. The van der Waals surface area contributed by atoms with Crippen LogP contribution in [-0.2, 0) is 0 Å². The molecule has 2 aromatic carbocycles. The van der Waals surface area contributed by atoms with Crippen LogP contribution in [0.25, 0.3) is 0 Å². The summed E-state index contributed by atoms with van der Waals surface area (Å²) in [5.41, 5.74) is 4.52. The smallest absolute Gasteiger partial charge is 0.273 e. The second kappa shape index (κ2) is 6.87. The molecule has 0 aromatic heterocycles. The monoisotopic (exact) mass is 336 g/mol. The molecule has 4 heteroatoms. The Morgan fingerprint density at radius 3 is 2.16 bits per heavy atom. The Bertz CT molecular complexity index is 760. The number of nitrogens with one attached hydrogen (secondary N) is 1. The maximum absolute atomic E-state index is 11.2. The number of nitrogens with zero attached hydrogens (tertiary/aromatic N) is 1. The molecule has 2 aliphatic carbocycles. The highest BCUT2D eigenvalue weighted by atomic mass is 16.6. The molecule has 2 aromatic rings. The highest BCUT2D eigenvalue weighted by molar-refractivity contribution is 5.64.